The van der Waals surface area contributed by atoms with Gasteiger partial charge in [0, 0.05) is 12.7 Å². The fourth-order valence-corrected chi connectivity index (χ4v) is 3.86. The second-order valence-electron chi connectivity index (χ2n) is 7.22. The van der Waals surface area contributed by atoms with E-state index in [4.69, 9.17) is 0 Å². The smallest absolute Gasteiger partial charge is 0.263 e. The summed E-state index contributed by atoms with van der Waals surface area (Å²) >= 11 is 0. The Morgan fingerprint density at radius 2 is 1.70 bits per heavy atom. The Labute approximate surface area is 171 Å². The largest absolute Gasteiger partial charge is 0.274 e. The van der Waals surface area contributed by atoms with E-state index in [-0.39, 0.29) is 17.6 Å². The summed E-state index contributed by atoms with van der Waals surface area (Å²) in [5, 5.41) is 5.05. The summed E-state index contributed by atoms with van der Waals surface area (Å²) in [5.41, 5.74) is 3.36. The number of rotatable bonds is 4. The number of aryl methyl sites for hydroxylation is 1. The molecule has 0 radical (unpaired) electrons. The van der Waals surface area contributed by atoms with Gasteiger partial charge in [-0.25, -0.2) is 14.1 Å². The standard InChI is InChI=1S/C23H17FN4O2/c1-14-19-20-18(13-25-21(19)28(26-14)17-9-7-16(24)8-10-17)22(29)27(23(20)30)12-11-15-5-3-2-4-6-15/h2-10,13H,11-12H2,1H3. The van der Waals surface area contributed by atoms with Crippen molar-refractivity contribution in [3.63, 3.8) is 0 Å². The molecule has 0 unspecified atom stereocenters. The summed E-state index contributed by atoms with van der Waals surface area (Å²) in [7, 11) is 0. The molecule has 148 valence electrons. The zero-order valence-corrected chi connectivity index (χ0v) is 16.2. The molecular weight excluding hydrogens is 383 g/mol. The SMILES string of the molecule is Cc1nn(-c2ccc(F)cc2)c2ncc3c(c12)C(=O)N(CCc1ccccc1)C3=O. The monoisotopic (exact) mass is 400 g/mol. The predicted octanol–water partition coefficient (Wildman–Crippen LogP) is 3.71. The summed E-state index contributed by atoms with van der Waals surface area (Å²) in [6.07, 6.45) is 2.01. The first kappa shape index (κ1) is 18.2. The Bertz CT molecular complexity index is 1300. The van der Waals surface area contributed by atoms with Gasteiger partial charge in [-0.3, -0.25) is 14.5 Å². The van der Waals surface area contributed by atoms with Crippen LogP contribution in [0.4, 0.5) is 4.39 Å². The number of fused-ring (bicyclic) bond motifs is 3. The maximum Gasteiger partial charge on any atom is 0.263 e. The van der Waals surface area contributed by atoms with Crippen LogP contribution in [0.3, 0.4) is 0 Å². The number of halogens is 1. The van der Waals surface area contributed by atoms with Crippen LogP contribution in [0.5, 0.6) is 0 Å². The van der Waals surface area contributed by atoms with E-state index < -0.39 is 0 Å². The number of carbonyl (C=O) groups excluding carboxylic acids is 2. The van der Waals surface area contributed by atoms with Crippen LogP contribution >= 0.6 is 0 Å². The maximum absolute atomic E-state index is 13.3. The van der Waals surface area contributed by atoms with Crippen LogP contribution in [-0.4, -0.2) is 38.0 Å². The third-order valence-corrected chi connectivity index (χ3v) is 5.34. The number of nitrogens with zero attached hydrogens (tertiary/aromatic N) is 4. The fourth-order valence-electron chi connectivity index (χ4n) is 3.86. The second-order valence-corrected chi connectivity index (χ2v) is 7.22. The van der Waals surface area contributed by atoms with E-state index >= 15 is 0 Å². The summed E-state index contributed by atoms with van der Waals surface area (Å²) < 4.78 is 14.9. The minimum atomic E-state index is -0.351. The third-order valence-electron chi connectivity index (χ3n) is 5.34. The van der Waals surface area contributed by atoms with E-state index in [1.807, 2.05) is 30.3 Å². The number of hydrogen-bond donors (Lipinski definition) is 0. The van der Waals surface area contributed by atoms with E-state index in [1.54, 1.807) is 23.7 Å². The van der Waals surface area contributed by atoms with Gasteiger partial charge >= 0.3 is 0 Å². The molecule has 0 atom stereocenters. The van der Waals surface area contributed by atoms with Gasteiger partial charge in [0.1, 0.15) is 5.82 Å². The van der Waals surface area contributed by atoms with Crippen molar-refractivity contribution in [3.8, 4) is 5.69 Å². The minimum Gasteiger partial charge on any atom is -0.274 e. The van der Waals surface area contributed by atoms with Gasteiger partial charge in [-0.15, -0.1) is 0 Å². The second kappa shape index (κ2) is 6.88. The van der Waals surface area contributed by atoms with Crippen LogP contribution in [0.2, 0.25) is 0 Å². The molecular formula is C23H17FN4O2. The molecule has 2 amide bonds. The zero-order valence-electron chi connectivity index (χ0n) is 16.2. The van der Waals surface area contributed by atoms with Crippen LogP contribution < -0.4 is 0 Å². The van der Waals surface area contributed by atoms with E-state index in [2.05, 4.69) is 10.1 Å². The number of aromatic nitrogens is 3. The topological polar surface area (TPSA) is 68.1 Å². The highest BCUT2D eigenvalue weighted by Gasteiger charge is 2.38. The zero-order chi connectivity index (χ0) is 20.8. The van der Waals surface area contributed by atoms with E-state index in [0.29, 0.717) is 46.5 Å². The van der Waals surface area contributed by atoms with Crippen molar-refractivity contribution in [1.29, 1.82) is 0 Å². The number of pyridine rings is 1. The number of carbonyl (C=O) groups is 2. The lowest BCUT2D eigenvalue weighted by atomic mass is 10.1. The third kappa shape index (κ3) is 2.78. The molecule has 0 saturated heterocycles. The van der Waals surface area contributed by atoms with Crippen molar-refractivity contribution < 1.29 is 14.0 Å². The average molecular weight is 400 g/mol. The van der Waals surface area contributed by atoms with Crippen molar-refractivity contribution in [3.05, 3.63) is 89.0 Å². The molecule has 5 rings (SSSR count). The molecule has 0 fully saturated rings. The summed E-state index contributed by atoms with van der Waals surface area (Å²) in [4.78, 5) is 31.8. The van der Waals surface area contributed by atoms with Gasteiger partial charge < -0.3 is 0 Å². The van der Waals surface area contributed by atoms with Crippen molar-refractivity contribution in [2.75, 3.05) is 6.54 Å². The maximum atomic E-state index is 13.3. The molecule has 7 heteroatoms. The lowest BCUT2D eigenvalue weighted by Gasteiger charge is -2.13. The molecule has 2 aromatic heterocycles. The normalized spacial score (nSPS) is 13.3. The highest BCUT2D eigenvalue weighted by Crippen LogP contribution is 2.32. The molecule has 4 aromatic rings. The Morgan fingerprint density at radius 1 is 0.967 bits per heavy atom. The summed E-state index contributed by atoms with van der Waals surface area (Å²) in [6, 6.07) is 15.6. The molecule has 1 aliphatic heterocycles. The highest BCUT2D eigenvalue weighted by atomic mass is 19.1. The predicted molar refractivity (Wildman–Crippen MR) is 109 cm³/mol. The van der Waals surface area contributed by atoms with E-state index in [9.17, 15) is 14.0 Å². The highest BCUT2D eigenvalue weighted by molar-refractivity contribution is 6.26. The van der Waals surface area contributed by atoms with Crippen LogP contribution in [0, 0.1) is 12.7 Å². The molecule has 1 aliphatic rings. The fraction of sp³-hybridized carbons (Fsp3) is 0.130. The number of imide groups is 1. The first-order valence-corrected chi connectivity index (χ1v) is 9.59. The Morgan fingerprint density at radius 3 is 2.43 bits per heavy atom. The van der Waals surface area contributed by atoms with Gasteiger partial charge in [-0.05, 0) is 43.2 Å². The molecule has 6 nitrogen and oxygen atoms in total. The molecule has 0 N–H and O–H groups in total. The summed E-state index contributed by atoms with van der Waals surface area (Å²) in [5.74, 6) is -1.02. The van der Waals surface area contributed by atoms with Crippen LogP contribution in [0.1, 0.15) is 32.0 Å². The number of hydrogen-bond acceptors (Lipinski definition) is 4. The first-order chi connectivity index (χ1) is 14.5. The van der Waals surface area contributed by atoms with Crippen molar-refractivity contribution in [1.82, 2.24) is 19.7 Å². The van der Waals surface area contributed by atoms with Gasteiger partial charge in [0.15, 0.2) is 5.65 Å². The molecule has 0 bridgehead atoms. The Kier molecular flexibility index (Phi) is 4.17. The lowest BCUT2D eigenvalue weighted by molar-refractivity contribution is 0.0656. The van der Waals surface area contributed by atoms with Crippen molar-refractivity contribution in [2.45, 2.75) is 13.3 Å². The molecule has 0 spiro atoms. The Balaban J connectivity index is 1.55. The molecule has 0 aliphatic carbocycles. The minimum absolute atomic E-state index is 0.294. The van der Waals surface area contributed by atoms with Gasteiger partial charge in [0.05, 0.1) is 27.9 Å². The van der Waals surface area contributed by atoms with Crippen LogP contribution in [0.25, 0.3) is 16.7 Å². The quantitative estimate of drug-likeness (QED) is 0.490. The number of amides is 2. The molecule has 3 heterocycles. The molecule has 2 aromatic carbocycles. The van der Waals surface area contributed by atoms with E-state index in [1.165, 1.54) is 23.2 Å². The number of benzene rings is 2. The van der Waals surface area contributed by atoms with Gasteiger partial charge in [-0.1, -0.05) is 30.3 Å². The molecule has 0 saturated carbocycles. The summed E-state index contributed by atoms with van der Waals surface area (Å²) in [6.45, 7) is 2.07. The first-order valence-electron chi connectivity index (χ1n) is 9.59. The lowest BCUT2D eigenvalue weighted by Crippen LogP contribution is -2.31. The van der Waals surface area contributed by atoms with Crippen LogP contribution in [-0.2, 0) is 6.42 Å². The van der Waals surface area contributed by atoms with Gasteiger partial charge in [0.2, 0.25) is 0 Å². The Hall–Kier alpha value is -3.87. The van der Waals surface area contributed by atoms with Gasteiger partial charge in [0.25, 0.3) is 11.8 Å². The van der Waals surface area contributed by atoms with Gasteiger partial charge in [-0.2, -0.15) is 5.10 Å². The van der Waals surface area contributed by atoms with Crippen molar-refractivity contribution in [2.24, 2.45) is 0 Å². The average Bonchev–Trinajstić information content (AvgIpc) is 3.22. The van der Waals surface area contributed by atoms with E-state index in [0.717, 1.165) is 5.56 Å². The van der Waals surface area contributed by atoms with Crippen LogP contribution in [0.15, 0.2) is 60.8 Å². The van der Waals surface area contributed by atoms with Crippen molar-refractivity contribution >= 4 is 22.8 Å². The molecule has 30 heavy (non-hydrogen) atoms.